The summed E-state index contributed by atoms with van der Waals surface area (Å²) >= 11 is 0. The second-order valence-electron chi connectivity index (χ2n) is 24.4. The van der Waals surface area contributed by atoms with Crippen molar-refractivity contribution in [3.8, 4) is 23.0 Å². The molecule has 0 fully saturated rings. The van der Waals surface area contributed by atoms with E-state index in [0.717, 1.165) is 0 Å². The first-order valence-electron chi connectivity index (χ1n) is 33.4. The lowest BCUT2D eigenvalue weighted by molar-refractivity contribution is -0.145. The van der Waals surface area contributed by atoms with Crippen LogP contribution in [-0.4, -0.2) is 174 Å². The monoisotopic (exact) mass is 1390 g/mol. The van der Waals surface area contributed by atoms with Crippen LogP contribution in [0, 0.1) is 0 Å². The summed E-state index contributed by atoms with van der Waals surface area (Å²) in [5.41, 5.74) is 2.87. The molecule has 28 nitrogen and oxygen atoms in total. The summed E-state index contributed by atoms with van der Waals surface area (Å²) < 4.78 is 46.3. The van der Waals surface area contributed by atoms with E-state index in [1.54, 1.807) is 48.5 Å². The minimum Gasteiger partial charge on any atom is -0.493 e. The first-order chi connectivity index (χ1) is 47.5. The molecule has 8 N–H and O–H groups in total. The Morgan fingerprint density at radius 2 is 0.440 bits per heavy atom. The molecule has 8 bridgehead atoms. The fourth-order valence-corrected chi connectivity index (χ4v) is 10.6. The second-order valence-corrected chi connectivity index (χ2v) is 24.4. The fourth-order valence-electron chi connectivity index (χ4n) is 10.6. The molecule has 0 spiro atoms. The minimum absolute atomic E-state index is 0.0104. The van der Waals surface area contributed by atoms with Gasteiger partial charge >= 0.3 is 23.9 Å². The Morgan fingerprint density at radius 3 is 0.580 bits per heavy atom. The predicted molar refractivity (Wildman–Crippen MR) is 366 cm³/mol. The van der Waals surface area contributed by atoms with E-state index >= 15 is 0 Å². The van der Waals surface area contributed by atoms with Crippen LogP contribution < -0.4 is 61.5 Å². The van der Waals surface area contributed by atoms with Crippen LogP contribution in [0.15, 0.2) is 48.5 Å². The minimum atomic E-state index is -1.23. The van der Waals surface area contributed by atoms with Gasteiger partial charge in [0.1, 0.15) is 71.3 Å². The molecule has 8 amide bonds. The van der Waals surface area contributed by atoms with Gasteiger partial charge in [-0.1, -0.05) is 27.7 Å². The first kappa shape index (κ1) is 80.4. The summed E-state index contributed by atoms with van der Waals surface area (Å²) in [4.78, 5) is 164. The van der Waals surface area contributed by atoms with Crippen LogP contribution in [0.2, 0.25) is 0 Å². The molecule has 0 unspecified atom stereocenters. The summed E-state index contributed by atoms with van der Waals surface area (Å²) in [5, 5.41) is 21.2. The third-order valence-electron chi connectivity index (χ3n) is 16.0. The van der Waals surface area contributed by atoms with Crippen molar-refractivity contribution in [3.05, 3.63) is 115 Å². The Hall–Kier alpha value is -10.3. The van der Waals surface area contributed by atoms with Crippen LogP contribution in [0.5, 0.6) is 23.0 Å². The van der Waals surface area contributed by atoms with Gasteiger partial charge in [-0.25, -0.2) is 19.2 Å². The standard InChI is InChI=1S/C72H96N8O20/c1-17-21-97-57-45-25-47-31-54(66(86)74-38(6)62(82)78-42(10)70(90)94-14)33-49(58(47)98-22-18-2)27-51-35-56(68(88)76-40(8)64(84)80-44(12)72(92)96-16)36-52(60(51)100-24-20-4)28-50-34-55(67(87)75-39(7)63(83)79-43(11)71(91)95-15)32-48(59(50)99-23-19-3)26-46(57)30-53(29-45)65(85)73-37(5)61(81)77-41(9)69(89)93-13/h29-44H,17-28H2,1-16H3,(H,73,85)(H,74,86)(H,75,87)(H,76,88)(H,77,81)(H,78,82)(H,79,83)(H,80,84)/t37-,38-,39-,40-,41-,42-,43-,44+/m0/s1. The normalized spacial score (nSPS) is 13.9. The maximum Gasteiger partial charge on any atom is 0.328 e. The molecular weight excluding hydrogens is 1300 g/mol. The van der Waals surface area contributed by atoms with E-state index in [4.69, 9.17) is 37.9 Å². The Labute approximate surface area is 582 Å². The van der Waals surface area contributed by atoms with Crippen LogP contribution in [-0.2, 0) is 83.0 Å². The smallest absolute Gasteiger partial charge is 0.328 e. The maximum absolute atomic E-state index is 15.0. The summed E-state index contributed by atoms with van der Waals surface area (Å²) in [6.07, 6.45) is 1.30. The van der Waals surface area contributed by atoms with Gasteiger partial charge in [0.2, 0.25) is 23.6 Å². The Bertz CT molecular complexity index is 3120. The summed E-state index contributed by atoms with van der Waals surface area (Å²) in [6.45, 7) is 19.5. The Kier molecular flexibility index (Phi) is 30.7. The number of amides is 8. The van der Waals surface area contributed by atoms with E-state index in [-0.39, 0.29) is 97.4 Å². The van der Waals surface area contributed by atoms with Crippen molar-refractivity contribution in [1.82, 2.24) is 42.5 Å². The van der Waals surface area contributed by atoms with E-state index in [1.807, 2.05) is 27.7 Å². The number of carbonyl (C=O) groups is 12. The SMILES string of the molecule is CCCOc1c2cc(C(=O)N[C@@H](C)C(=O)N[C@@H](C)C(=O)OC)cc1Cc1cc(C(=O)N[C@@H](C)C(=O)N[C@@H](C)C(=O)OC)cc(c1OCCC)Cc1cc(C(=O)N[C@@H](C)C(=O)N[C@H](C)C(=O)OC)cc(c1OCCC)Cc1cc(C(=O)N[C@@H](C)C(=O)N[C@@H](C)C(=O)OC)cc(c1OCCC)C2. The van der Waals surface area contributed by atoms with Gasteiger partial charge in [-0.05, 0) is 174 Å². The molecule has 4 aromatic rings. The number of carbonyl (C=O) groups excluding carboxylic acids is 12. The highest BCUT2D eigenvalue weighted by Crippen LogP contribution is 2.41. The Morgan fingerprint density at radius 1 is 0.280 bits per heavy atom. The van der Waals surface area contributed by atoms with Crippen molar-refractivity contribution in [2.24, 2.45) is 0 Å². The molecule has 0 heterocycles. The van der Waals surface area contributed by atoms with Gasteiger partial charge in [-0.15, -0.1) is 0 Å². The van der Waals surface area contributed by atoms with Gasteiger partial charge < -0.3 is 80.4 Å². The van der Waals surface area contributed by atoms with Gasteiger partial charge in [0.05, 0.1) is 54.9 Å². The largest absolute Gasteiger partial charge is 0.493 e. The van der Waals surface area contributed by atoms with Crippen LogP contribution in [0.3, 0.4) is 0 Å². The van der Waals surface area contributed by atoms with Crippen molar-refractivity contribution >= 4 is 71.1 Å². The molecule has 1 aliphatic rings. The van der Waals surface area contributed by atoms with E-state index in [1.165, 1.54) is 83.8 Å². The predicted octanol–water partition coefficient (Wildman–Crippen LogP) is 4.70. The highest BCUT2D eigenvalue weighted by atomic mass is 16.5. The molecule has 0 saturated heterocycles. The van der Waals surface area contributed by atoms with Crippen LogP contribution in [0.4, 0.5) is 0 Å². The van der Waals surface area contributed by atoms with Gasteiger partial charge in [-0.3, -0.25) is 38.4 Å². The molecule has 0 saturated carbocycles. The number of methoxy groups -OCH3 is 4. The van der Waals surface area contributed by atoms with Gasteiger partial charge in [0.25, 0.3) is 23.6 Å². The zero-order chi connectivity index (χ0) is 74.2. The van der Waals surface area contributed by atoms with Crippen molar-refractivity contribution in [3.63, 3.8) is 0 Å². The maximum atomic E-state index is 15.0. The highest BCUT2D eigenvalue weighted by Gasteiger charge is 2.32. The van der Waals surface area contributed by atoms with E-state index < -0.39 is 119 Å². The zero-order valence-corrected chi connectivity index (χ0v) is 59.9. The summed E-state index contributed by atoms with van der Waals surface area (Å²) in [7, 11) is 4.67. The third kappa shape index (κ3) is 21.9. The molecule has 28 heteroatoms. The van der Waals surface area contributed by atoms with E-state index in [2.05, 4.69) is 42.5 Å². The number of hydrogen-bond donors (Lipinski definition) is 8. The van der Waals surface area contributed by atoms with Crippen molar-refractivity contribution in [2.75, 3.05) is 54.9 Å². The summed E-state index contributed by atoms with van der Waals surface area (Å²) in [5.74, 6) is -7.64. The number of benzene rings is 4. The third-order valence-corrected chi connectivity index (χ3v) is 16.0. The Balaban J connectivity index is 1.99. The van der Waals surface area contributed by atoms with Gasteiger partial charge in [0.15, 0.2) is 0 Å². The molecule has 100 heavy (non-hydrogen) atoms. The quantitative estimate of drug-likeness (QED) is 0.0214. The van der Waals surface area contributed by atoms with Gasteiger partial charge in [0, 0.05) is 47.9 Å². The number of rotatable bonds is 32. The molecule has 4 aromatic carbocycles. The average Bonchev–Trinajstić information content (AvgIpc) is 0.774. The van der Waals surface area contributed by atoms with Crippen molar-refractivity contribution < 1.29 is 95.4 Å². The topological polar surface area (TPSA) is 375 Å². The molecule has 0 aromatic heterocycles. The first-order valence-corrected chi connectivity index (χ1v) is 33.4. The average molecular weight is 1390 g/mol. The molecule has 544 valence electrons. The second kappa shape index (κ2) is 38.2. The lowest BCUT2D eigenvalue weighted by Crippen LogP contribution is -2.49. The molecular formula is C72H96N8O20. The molecule has 1 aliphatic carbocycles. The van der Waals surface area contributed by atoms with Crippen LogP contribution >= 0.6 is 0 Å². The number of nitrogens with one attached hydrogen (secondary N) is 8. The van der Waals surface area contributed by atoms with E-state index in [0.29, 0.717) is 70.2 Å². The van der Waals surface area contributed by atoms with Crippen molar-refractivity contribution in [1.29, 1.82) is 0 Å². The lowest BCUT2D eigenvalue weighted by atomic mass is 9.88. The van der Waals surface area contributed by atoms with Gasteiger partial charge in [-0.2, -0.15) is 0 Å². The number of fused-ring (bicyclic) bond motifs is 8. The summed E-state index contributed by atoms with van der Waals surface area (Å²) in [6, 6.07) is 3.34. The number of esters is 4. The number of ether oxygens (including phenoxy) is 8. The number of hydrogen-bond acceptors (Lipinski definition) is 20. The van der Waals surface area contributed by atoms with Crippen molar-refractivity contribution in [2.45, 2.75) is 183 Å². The zero-order valence-electron chi connectivity index (χ0n) is 59.9. The molecule has 0 aliphatic heterocycles. The fraction of sp³-hybridized carbons (Fsp3) is 0.500. The van der Waals surface area contributed by atoms with Crippen LogP contribution in [0.1, 0.15) is 195 Å². The lowest BCUT2D eigenvalue weighted by Gasteiger charge is -2.25. The highest BCUT2D eigenvalue weighted by molar-refractivity contribution is 6.02. The van der Waals surface area contributed by atoms with E-state index in [9.17, 15) is 57.5 Å². The van der Waals surface area contributed by atoms with Crippen LogP contribution in [0.25, 0.3) is 0 Å². The molecule has 0 radical (unpaired) electrons. The molecule has 5 rings (SSSR count). The molecule has 8 atom stereocenters.